The second-order valence-electron chi connectivity index (χ2n) is 5.33. The summed E-state index contributed by atoms with van der Waals surface area (Å²) in [4.78, 5) is 41.5. The summed E-state index contributed by atoms with van der Waals surface area (Å²) in [6.07, 6.45) is -1.49. The Morgan fingerprint density at radius 3 is 2.80 bits per heavy atom. The fourth-order valence-corrected chi connectivity index (χ4v) is 2.30. The molecule has 0 fully saturated rings. The van der Waals surface area contributed by atoms with Crippen LogP contribution >= 0.6 is 0 Å². The number of nitrogens with one attached hydrogen (secondary N) is 2. The highest BCUT2D eigenvalue weighted by molar-refractivity contribution is 5.92. The smallest absolute Gasteiger partial charge is 0.331 e. The molecular formula is C15H13F2N5O3. The third-order valence-corrected chi connectivity index (χ3v) is 3.56. The molecule has 0 aliphatic carbocycles. The Balaban J connectivity index is 1.79. The molecule has 8 nitrogen and oxygen atoms in total. The van der Waals surface area contributed by atoms with E-state index in [2.05, 4.69) is 15.3 Å². The molecule has 0 radical (unpaired) electrons. The first-order valence-corrected chi connectivity index (χ1v) is 7.19. The van der Waals surface area contributed by atoms with Gasteiger partial charge in [-0.1, -0.05) is 0 Å². The van der Waals surface area contributed by atoms with E-state index in [0.717, 1.165) is 9.13 Å². The van der Waals surface area contributed by atoms with Crippen LogP contribution in [-0.2, 0) is 18.4 Å². The number of amides is 1. The fraction of sp³-hybridized carbons (Fsp3) is 0.200. The molecule has 25 heavy (non-hydrogen) atoms. The molecule has 0 saturated carbocycles. The molecule has 0 aliphatic rings. The molecule has 0 saturated heterocycles. The largest absolute Gasteiger partial charge is 0.337 e. The normalized spacial score (nSPS) is 11.2. The van der Waals surface area contributed by atoms with E-state index < -0.39 is 29.4 Å². The predicted octanol–water partition coefficient (Wildman–Crippen LogP) is 1.000. The van der Waals surface area contributed by atoms with E-state index in [1.807, 2.05) is 0 Å². The lowest BCUT2D eigenvalue weighted by molar-refractivity contribution is -0.116. The number of hydrogen-bond acceptors (Lipinski definition) is 4. The molecule has 10 heteroatoms. The van der Waals surface area contributed by atoms with Gasteiger partial charge < -0.3 is 10.3 Å². The third kappa shape index (κ3) is 3.32. The number of aromatic nitrogens is 4. The first kappa shape index (κ1) is 16.6. The van der Waals surface area contributed by atoms with Crippen molar-refractivity contribution >= 4 is 22.6 Å². The number of carbonyl (C=O) groups is 1. The summed E-state index contributed by atoms with van der Waals surface area (Å²) in [5.74, 6) is -0.955. The van der Waals surface area contributed by atoms with Gasteiger partial charge in [-0.2, -0.15) is 0 Å². The summed E-state index contributed by atoms with van der Waals surface area (Å²) in [6.45, 7) is -0.295. The fourth-order valence-electron chi connectivity index (χ4n) is 2.30. The molecule has 3 aromatic rings. The number of carbonyl (C=O) groups excluding carboxylic acids is 1. The van der Waals surface area contributed by atoms with Gasteiger partial charge >= 0.3 is 5.69 Å². The average molecular weight is 349 g/mol. The van der Waals surface area contributed by atoms with Gasteiger partial charge in [0.05, 0.1) is 11.0 Å². The number of rotatable bonds is 4. The number of alkyl halides is 2. The Morgan fingerprint density at radius 1 is 1.32 bits per heavy atom. The number of fused-ring (bicyclic) bond motifs is 1. The van der Waals surface area contributed by atoms with Crippen molar-refractivity contribution in [3.05, 3.63) is 57.1 Å². The summed E-state index contributed by atoms with van der Waals surface area (Å²) < 4.78 is 27.2. The maximum Gasteiger partial charge on any atom is 0.331 e. The van der Waals surface area contributed by atoms with Crippen LogP contribution in [0.1, 0.15) is 12.2 Å². The molecular weight excluding hydrogens is 336 g/mol. The molecule has 0 unspecified atom stereocenters. The van der Waals surface area contributed by atoms with Crippen molar-refractivity contribution in [1.82, 2.24) is 19.1 Å². The van der Waals surface area contributed by atoms with Crippen molar-refractivity contribution in [3.8, 4) is 0 Å². The number of anilines is 1. The van der Waals surface area contributed by atoms with E-state index in [1.165, 1.54) is 37.5 Å². The SMILES string of the molecule is Cn1c(=O)ccn(CC(=O)Nc2ccc3nc(C(F)F)[nH]c3c2)c1=O. The Morgan fingerprint density at radius 2 is 2.08 bits per heavy atom. The Hall–Kier alpha value is -3.30. The maximum atomic E-state index is 12.6. The van der Waals surface area contributed by atoms with Crippen molar-refractivity contribution in [3.63, 3.8) is 0 Å². The summed E-state index contributed by atoms with van der Waals surface area (Å²) in [6, 6.07) is 5.65. The number of benzene rings is 1. The highest BCUT2D eigenvalue weighted by Crippen LogP contribution is 2.22. The van der Waals surface area contributed by atoms with Gasteiger partial charge in [-0.3, -0.25) is 18.7 Å². The van der Waals surface area contributed by atoms with Crippen LogP contribution in [0.5, 0.6) is 0 Å². The van der Waals surface area contributed by atoms with Gasteiger partial charge in [-0.25, -0.2) is 18.6 Å². The van der Waals surface area contributed by atoms with Crippen LogP contribution in [0.3, 0.4) is 0 Å². The predicted molar refractivity (Wildman–Crippen MR) is 85.6 cm³/mol. The highest BCUT2D eigenvalue weighted by Gasteiger charge is 2.13. The van der Waals surface area contributed by atoms with E-state index in [4.69, 9.17) is 0 Å². The zero-order chi connectivity index (χ0) is 18.1. The first-order valence-electron chi connectivity index (χ1n) is 7.19. The van der Waals surface area contributed by atoms with Crippen molar-refractivity contribution in [1.29, 1.82) is 0 Å². The Bertz CT molecular complexity index is 1070. The van der Waals surface area contributed by atoms with Gasteiger partial charge in [0.1, 0.15) is 6.54 Å². The quantitative estimate of drug-likeness (QED) is 0.733. The van der Waals surface area contributed by atoms with Gasteiger partial charge in [-0.15, -0.1) is 0 Å². The van der Waals surface area contributed by atoms with Crippen molar-refractivity contribution < 1.29 is 13.6 Å². The standard InChI is InChI=1S/C15H13F2N5O3/c1-21-12(24)4-5-22(15(21)25)7-11(23)18-8-2-3-9-10(6-8)20-14(19-9)13(16)17/h2-6,13H,7H2,1H3,(H,18,23)(H,19,20). The molecule has 2 heterocycles. The van der Waals surface area contributed by atoms with Crippen LogP contribution in [0.15, 0.2) is 40.1 Å². The number of aromatic amines is 1. The van der Waals surface area contributed by atoms with Crippen LogP contribution in [0, 0.1) is 0 Å². The van der Waals surface area contributed by atoms with Gasteiger partial charge in [0, 0.05) is 25.0 Å². The Kier molecular flexibility index (Phi) is 4.17. The van der Waals surface area contributed by atoms with Gasteiger partial charge in [-0.05, 0) is 18.2 Å². The van der Waals surface area contributed by atoms with Crippen molar-refractivity contribution in [2.45, 2.75) is 13.0 Å². The zero-order valence-electron chi connectivity index (χ0n) is 13.0. The second-order valence-corrected chi connectivity index (χ2v) is 5.33. The van der Waals surface area contributed by atoms with E-state index in [1.54, 1.807) is 0 Å². The summed E-state index contributed by atoms with van der Waals surface area (Å²) in [5, 5.41) is 2.56. The molecule has 130 valence electrons. The number of imidazole rings is 1. The zero-order valence-corrected chi connectivity index (χ0v) is 13.0. The molecule has 2 N–H and O–H groups in total. The minimum absolute atomic E-state index is 0.295. The summed E-state index contributed by atoms with van der Waals surface area (Å²) >= 11 is 0. The molecule has 2 aromatic heterocycles. The van der Waals surface area contributed by atoms with Gasteiger partial charge in [0.25, 0.3) is 12.0 Å². The van der Waals surface area contributed by atoms with Crippen LogP contribution in [-0.4, -0.2) is 25.0 Å². The number of halogens is 2. The summed E-state index contributed by atoms with van der Waals surface area (Å²) in [7, 11) is 1.31. The number of nitrogens with zero attached hydrogens (tertiary/aromatic N) is 3. The lowest BCUT2D eigenvalue weighted by atomic mass is 10.2. The third-order valence-electron chi connectivity index (χ3n) is 3.56. The molecule has 1 amide bonds. The van der Waals surface area contributed by atoms with E-state index in [9.17, 15) is 23.2 Å². The van der Waals surface area contributed by atoms with E-state index in [0.29, 0.717) is 16.7 Å². The van der Waals surface area contributed by atoms with Crippen LogP contribution in [0.4, 0.5) is 14.5 Å². The molecule has 1 aromatic carbocycles. The molecule has 0 aliphatic heterocycles. The molecule has 0 atom stereocenters. The average Bonchev–Trinajstić information content (AvgIpc) is 2.99. The number of hydrogen-bond donors (Lipinski definition) is 2. The van der Waals surface area contributed by atoms with Gasteiger partial charge in [0.2, 0.25) is 5.91 Å². The summed E-state index contributed by atoms with van der Waals surface area (Å²) in [5.41, 5.74) is -0.0239. The van der Waals surface area contributed by atoms with Gasteiger partial charge in [0.15, 0.2) is 5.82 Å². The molecule has 0 spiro atoms. The van der Waals surface area contributed by atoms with Crippen LogP contribution in [0.25, 0.3) is 11.0 Å². The minimum atomic E-state index is -2.72. The van der Waals surface area contributed by atoms with E-state index in [-0.39, 0.29) is 6.54 Å². The maximum absolute atomic E-state index is 12.6. The second kappa shape index (κ2) is 6.30. The van der Waals surface area contributed by atoms with E-state index >= 15 is 0 Å². The molecule has 0 bridgehead atoms. The Labute approximate surface area is 138 Å². The van der Waals surface area contributed by atoms with Crippen LogP contribution in [0.2, 0.25) is 0 Å². The number of H-pyrrole nitrogens is 1. The highest BCUT2D eigenvalue weighted by atomic mass is 19.3. The monoisotopic (exact) mass is 349 g/mol. The molecule has 3 rings (SSSR count). The van der Waals surface area contributed by atoms with Crippen molar-refractivity contribution in [2.24, 2.45) is 7.05 Å². The topological polar surface area (TPSA) is 102 Å². The first-order chi connectivity index (χ1) is 11.8. The lowest BCUT2D eigenvalue weighted by Gasteiger charge is -2.08. The van der Waals surface area contributed by atoms with Crippen LogP contribution < -0.4 is 16.6 Å². The van der Waals surface area contributed by atoms with Crippen molar-refractivity contribution in [2.75, 3.05) is 5.32 Å². The minimum Gasteiger partial charge on any atom is -0.337 e. The lowest BCUT2D eigenvalue weighted by Crippen LogP contribution is -2.38.